The molecule has 7 heteroatoms. The summed E-state index contributed by atoms with van der Waals surface area (Å²) in [6, 6.07) is 5.29. The van der Waals surface area contributed by atoms with Gasteiger partial charge in [-0.15, -0.1) is 0 Å². The summed E-state index contributed by atoms with van der Waals surface area (Å²) in [6.07, 6.45) is 0.913. The van der Waals surface area contributed by atoms with Crippen molar-refractivity contribution in [1.29, 1.82) is 0 Å². The van der Waals surface area contributed by atoms with Crippen molar-refractivity contribution in [2.24, 2.45) is 0 Å². The Morgan fingerprint density at radius 3 is 2.54 bits per heavy atom. The Balaban J connectivity index is 1.61. The first-order valence-corrected chi connectivity index (χ1v) is 8.68. The number of nitrogens with zero attached hydrogens (tertiary/aromatic N) is 2. The van der Waals surface area contributed by atoms with Gasteiger partial charge in [0.05, 0.1) is 19.9 Å². The van der Waals surface area contributed by atoms with E-state index in [9.17, 15) is 4.79 Å². The topological polar surface area (TPSA) is 76.8 Å². The second-order valence-electron chi connectivity index (χ2n) is 6.60. The minimum absolute atomic E-state index is 0.111. The van der Waals surface area contributed by atoms with Gasteiger partial charge in [-0.05, 0) is 32.4 Å². The molecule has 0 saturated carbocycles. The van der Waals surface area contributed by atoms with Crippen LogP contribution in [0, 0.1) is 13.8 Å². The number of rotatable bonds is 6. The molecule has 0 radical (unpaired) electrons. The summed E-state index contributed by atoms with van der Waals surface area (Å²) < 4.78 is 15.7. The lowest BCUT2D eigenvalue weighted by Gasteiger charge is -2.17. The molecule has 1 atom stereocenters. The molecule has 2 heterocycles. The minimum atomic E-state index is -0.119. The van der Waals surface area contributed by atoms with Crippen LogP contribution in [0.5, 0.6) is 11.5 Å². The maximum atomic E-state index is 12.6. The van der Waals surface area contributed by atoms with Crippen LogP contribution in [0.25, 0.3) is 0 Å². The lowest BCUT2D eigenvalue weighted by atomic mass is 10.1. The highest BCUT2D eigenvalue weighted by molar-refractivity contribution is 5.95. The molecule has 3 rings (SSSR count). The zero-order valence-corrected chi connectivity index (χ0v) is 15.7. The van der Waals surface area contributed by atoms with Crippen LogP contribution in [0.3, 0.4) is 0 Å². The maximum Gasteiger partial charge on any atom is 0.251 e. The standard InChI is InChI=1S/C19H25N3O4/c1-12-18(13(2)26-21-12)11-22-6-5-15(10-22)20-19(23)14-7-16(24-3)9-17(8-14)25-4/h7-9,15H,5-6,10-11H2,1-4H3,(H,20,23)/t15-/m1/s1. The van der Waals surface area contributed by atoms with Gasteiger partial charge < -0.3 is 19.3 Å². The molecule has 1 aromatic heterocycles. The van der Waals surface area contributed by atoms with Crippen molar-refractivity contribution in [1.82, 2.24) is 15.4 Å². The number of likely N-dealkylation sites (tertiary alicyclic amines) is 1. The summed E-state index contributed by atoms with van der Waals surface area (Å²) in [5, 5.41) is 7.11. The molecule has 1 N–H and O–H groups in total. The first kappa shape index (κ1) is 18.3. The third-order valence-corrected chi connectivity index (χ3v) is 4.78. The number of aromatic nitrogens is 1. The molecule has 0 spiro atoms. The van der Waals surface area contributed by atoms with Crippen molar-refractivity contribution < 1.29 is 18.8 Å². The van der Waals surface area contributed by atoms with Gasteiger partial charge in [0.25, 0.3) is 5.91 Å². The zero-order chi connectivity index (χ0) is 18.7. The van der Waals surface area contributed by atoms with Gasteiger partial charge in [-0.3, -0.25) is 9.69 Å². The third-order valence-electron chi connectivity index (χ3n) is 4.78. The largest absolute Gasteiger partial charge is 0.497 e. The second kappa shape index (κ2) is 7.78. The highest BCUT2D eigenvalue weighted by atomic mass is 16.5. The number of hydrogen-bond acceptors (Lipinski definition) is 6. The minimum Gasteiger partial charge on any atom is -0.497 e. The first-order chi connectivity index (χ1) is 12.5. The van der Waals surface area contributed by atoms with E-state index >= 15 is 0 Å². The van der Waals surface area contributed by atoms with E-state index in [1.165, 1.54) is 0 Å². The Hall–Kier alpha value is -2.54. The van der Waals surface area contributed by atoms with E-state index < -0.39 is 0 Å². The summed E-state index contributed by atoms with van der Waals surface area (Å²) >= 11 is 0. The van der Waals surface area contributed by atoms with E-state index in [-0.39, 0.29) is 11.9 Å². The van der Waals surface area contributed by atoms with Gasteiger partial charge in [-0.2, -0.15) is 0 Å². The normalized spacial score (nSPS) is 17.3. The van der Waals surface area contributed by atoms with Crippen molar-refractivity contribution in [2.45, 2.75) is 32.9 Å². The van der Waals surface area contributed by atoms with Gasteiger partial charge >= 0.3 is 0 Å². The zero-order valence-electron chi connectivity index (χ0n) is 15.7. The quantitative estimate of drug-likeness (QED) is 0.853. The van der Waals surface area contributed by atoms with Gasteiger partial charge in [0, 0.05) is 42.9 Å². The van der Waals surface area contributed by atoms with Crippen molar-refractivity contribution in [2.75, 3.05) is 27.3 Å². The van der Waals surface area contributed by atoms with Gasteiger partial charge in [0.1, 0.15) is 17.3 Å². The molecule has 0 bridgehead atoms. The SMILES string of the molecule is COc1cc(OC)cc(C(=O)N[C@@H]2CCN(Cc3c(C)noc3C)C2)c1. The highest BCUT2D eigenvalue weighted by Crippen LogP contribution is 2.23. The smallest absolute Gasteiger partial charge is 0.251 e. The molecule has 1 fully saturated rings. The second-order valence-corrected chi connectivity index (χ2v) is 6.60. The summed E-state index contributed by atoms with van der Waals surface area (Å²) in [5.74, 6) is 1.94. The van der Waals surface area contributed by atoms with Gasteiger partial charge in [-0.25, -0.2) is 0 Å². The predicted octanol–water partition coefficient (Wildman–Crippen LogP) is 2.31. The molecule has 1 amide bonds. The van der Waals surface area contributed by atoms with E-state index in [2.05, 4.69) is 15.4 Å². The number of carbonyl (C=O) groups is 1. The number of benzene rings is 1. The number of amides is 1. The first-order valence-electron chi connectivity index (χ1n) is 8.68. The van der Waals surface area contributed by atoms with E-state index in [1.807, 2.05) is 13.8 Å². The van der Waals surface area contributed by atoms with E-state index in [4.69, 9.17) is 14.0 Å². The number of ether oxygens (including phenoxy) is 2. The maximum absolute atomic E-state index is 12.6. The average Bonchev–Trinajstić information content (AvgIpc) is 3.22. The molecule has 2 aromatic rings. The molecule has 1 aromatic carbocycles. The van der Waals surface area contributed by atoms with Gasteiger partial charge in [-0.1, -0.05) is 5.16 Å². The molecule has 26 heavy (non-hydrogen) atoms. The number of nitrogens with one attached hydrogen (secondary N) is 1. The van der Waals surface area contributed by atoms with Crippen molar-refractivity contribution >= 4 is 5.91 Å². The van der Waals surface area contributed by atoms with Crippen LogP contribution in [-0.2, 0) is 6.54 Å². The Kier molecular flexibility index (Phi) is 5.46. The van der Waals surface area contributed by atoms with Crippen LogP contribution < -0.4 is 14.8 Å². The Labute approximate surface area is 153 Å². The summed E-state index contributed by atoms with van der Waals surface area (Å²) in [6.45, 7) is 6.41. The third kappa shape index (κ3) is 3.99. The average molecular weight is 359 g/mol. The Morgan fingerprint density at radius 1 is 1.27 bits per heavy atom. The fourth-order valence-corrected chi connectivity index (χ4v) is 3.25. The predicted molar refractivity (Wildman–Crippen MR) is 96.7 cm³/mol. The molecule has 1 aliphatic rings. The van der Waals surface area contributed by atoms with E-state index in [1.54, 1.807) is 32.4 Å². The lowest BCUT2D eigenvalue weighted by molar-refractivity contribution is 0.0937. The van der Waals surface area contributed by atoms with Crippen LogP contribution in [0.2, 0.25) is 0 Å². The van der Waals surface area contributed by atoms with E-state index in [0.29, 0.717) is 17.1 Å². The number of hydrogen-bond donors (Lipinski definition) is 1. The van der Waals surface area contributed by atoms with Crippen LogP contribution in [-0.4, -0.2) is 49.3 Å². The van der Waals surface area contributed by atoms with Gasteiger partial charge in [0.2, 0.25) is 0 Å². The molecule has 1 aliphatic heterocycles. The van der Waals surface area contributed by atoms with E-state index in [0.717, 1.165) is 43.1 Å². The fourth-order valence-electron chi connectivity index (χ4n) is 3.25. The van der Waals surface area contributed by atoms with Crippen LogP contribution in [0.4, 0.5) is 0 Å². The summed E-state index contributed by atoms with van der Waals surface area (Å²) in [4.78, 5) is 14.9. The molecule has 7 nitrogen and oxygen atoms in total. The number of aryl methyl sites for hydroxylation is 2. The molecule has 0 unspecified atom stereocenters. The fraction of sp³-hybridized carbons (Fsp3) is 0.474. The van der Waals surface area contributed by atoms with Crippen LogP contribution in [0.15, 0.2) is 22.7 Å². The summed E-state index contributed by atoms with van der Waals surface area (Å²) in [5.41, 5.74) is 2.60. The number of carbonyl (C=O) groups excluding carboxylic acids is 1. The monoisotopic (exact) mass is 359 g/mol. The Bertz CT molecular complexity index is 745. The van der Waals surface area contributed by atoms with Crippen molar-refractivity contribution in [3.8, 4) is 11.5 Å². The highest BCUT2D eigenvalue weighted by Gasteiger charge is 2.26. The van der Waals surface area contributed by atoms with Crippen LogP contribution >= 0.6 is 0 Å². The molecule has 0 aliphatic carbocycles. The molecule has 140 valence electrons. The van der Waals surface area contributed by atoms with Crippen molar-refractivity contribution in [3.05, 3.63) is 40.8 Å². The molecule has 1 saturated heterocycles. The van der Waals surface area contributed by atoms with Crippen molar-refractivity contribution in [3.63, 3.8) is 0 Å². The van der Waals surface area contributed by atoms with Crippen LogP contribution in [0.1, 0.15) is 33.8 Å². The van der Waals surface area contributed by atoms with Gasteiger partial charge in [0.15, 0.2) is 0 Å². The molecular formula is C19H25N3O4. The molecular weight excluding hydrogens is 334 g/mol. The number of methoxy groups -OCH3 is 2. The lowest BCUT2D eigenvalue weighted by Crippen LogP contribution is -2.37. The Morgan fingerprint density at radius 2 is 1.96 bits per heavy atom. The summed E-state index contributed by atoms with van der Waals surface area (Å²) in [7, 11) is 3.14.